The summed E-state index contributed by atoms with van der Waals surface area (Å²) in [7, 11) is 0. The van der Waals surface area contributed by atoms with Gasteiger partial charge in [-0.15, -0.1) is 13.2 Å². The van der Waals surface area contributed by atoms with Gasteiger partial charge in [-0.05, 0) is 30.4 Å². The molecule has 2 aliphatic rings. The van der Waals surface area contributed by atoms with Gasteiger partial charge in [0.2, 0.25) is 0 Å². The quantitative estimate of drug-likeness (QED) is 0.722. The van der Waals surface area contributed by atoms with Crippen molar-refractivity contribution in [3.63, 3.8) is 0 Å². The predicted molar refractivity (Wildman–Crippen MR) is 72.1 cm³/mol. The Morgan fingerprint density at radius 3 is 2.55 bits per heavy atom. The largest absolute Gasteiger partial charge is 1.00 e. The molecule has 0 radical (unpaired) electrons. The van der Waals surface area contributed by atoms with Gasteiger partial charge in [-0.3, -0.25) is 0 Å². The van der Waals surface area contributed by atoms with Gasteiger partial charge < -0.3 is 15.9 Å². The van der Waals surface area contributed by atoms with Gasteiger partial charge in [-0.2, -0.15) is 12.8 Å². The fourth-order valence-corrected chi connectivity index (χ4v) is 3.22. The molecule has 1 aliphatic carbocycles. The number of hydrogen-bond acceptors (Lipinski definition) is 2. The number of hydrogen-bond donors (Lipinski definition) is 0. The monoisotopic (exact) mass is 384 g/mol. The second-order valence-corrected chi connectivity index (χ2v) is 5.72. The van der Waals surface area contributed by atoms with Gasteiger partial charge >= 0.3 is 64.5 Å². The number of benzene rings is 1. The molecule has 1 fully saturated rings. The number of rotatable bonds is 2. The van der Waals surface area contributed by atoms with Crippen molar-refractivity contribution in [3.8, 4) is 11.5 Å². The molecule has 0 bridgehead atoms. The summed E-state index contributed by atoms with van der Waals surface area (Å²) in [5.41, 5.74) is 0.961. The normalized spacial score (nSPS) is 22.2. The second-order valence-electron chi connectivity index (χ2n) is 5.72. The van der Waals surface area contributed by atoms with E-state index in [1.807, 2.05) is 0 Å². The van der Waals surface area contributed by atoms with Crippen molar-refractivity contribution in [2.45, 2.75) is 51.0 Å². The maximum absolute atomic E-state index is 12.3. The van der Waals surface area contributed by atoms with Gasteiger partial charge in [0.1, 0.15) is 17.6 Å². The van der Waals surface area contributed by atoms with Crippen molar-refractivity contribution in [2.75, 3.05) is 0 Å². The van der Waals surface area contributed by atoms with Crippen LogP contribution in [0.15, 0.2) is 18.2 Å². The number of halogens is 3. The molecule has 0 aromatic heterocycles. The molecule has 2 nitrogen and oxygen atoms in total. The molecule has 1 aliphatic heterocycles. The maximum atomic E-state index is 12.3. The molecule has 1 saturated carbocycles. The molecule has 0 amide bonds. The Hall–Kier alpha value is 0.415. The first kappa shape index (κ1) is 18.7. The molecule has 6 heteroatoms. The Kier molecular flexibility index (Phi) is 6.81. The SMILES string of the molecule is FC(F)(F)Oc1ccc2c(c1)OC(C1CC[CH-]CC1)CC2.[Rb+]. The number of alkyl halides is 3. The van der Waals surface area contributed by atoms with E-state index in [4.69, 9.17) is 4.74 Å². The van der Waals surface area contributed by atoms with Gasteiger partial charge in [-0.25, -0.2) is 0 Å². The third-order valence-electron chi connectivity index (χ3n) is 4.26. The minimum Gasteiger partial charge on any atom is -0.490 e. The molecule has 0 saturated heterocycles. The Bertz CT molecular complexity index is 499. The summed E-state index contributed by atoms with van der Waals surface area (Å²) in [6, 6.07) is 4.39. The Labute approximate surface area is 177 Å². The van der Waals surface area contributed by atoms with E-state index in [0.29, 0.717) is 11.7 Å². The molecule has 22 heavy (non-hydrogen) atoms. The molecule has 3 rings (SSSR count). The summed E-state index contributed by atoms with van der Waals surface area (Å²) in [5.74, 6) is 0.844. The summed E-state index contributed by atoms with van der Waals surface area (Å²) in [6.45, 7) is 0. The van der Waals surface area contributed by atoms with Gasteiger partial charge in [0.05, 0.1) is 0 Å². The van der Waals surface area contributed by atoms with Crippen LogP contribution in [0.25, 0.3) is 0 Å². The van der Waals surface area contributed by atoms with Crippen LogP contribution >= 0.6 is 0 Å². The van der Waals surface area contributed by atoms with Crippen LogP contribution in [0.2, 0.25) is 0 Å². The van der Waals surface area contributed by atoms with E-state index < -0.39 is 6.36 Å². The zero-order valence-corrected chi connectivity index (χ0v) is 17.6. The van der Waals surface area contributed by atoms with Crippen molar-refractivity contribution in [1.29, 1.82) is 0 Å². The predicted octanol–water partition coefficient (Wildman–Crippen LogP) is 1.68. The zero-order valence-electron chi connectivity index (χ0n) is 12.7. The van der Waals surface area contributed by atoms with Crippen molar-refractivity contribution < 1.29 is 80.8 Å². The summed E-state index contributed by atoms with van der Waals surface area (Å²) in [6.07, 6.45) is 3.97. The van der Waals surface area contributed by atoms with Crippen molar-refractivity contribution in [2.24, 2.45) is 5.92 Å². The fraction of sp³-hybridized carbons (Fsp3) is 0.562. The van der Waals surface area contributed by atoms with E-state index in [-0.39, 0.29) is 70.0 Å². The molecule has 1 aromatic carbocycles. The van der Waals surface area contributed by atoms with Crippen LogP contribution in [0.3, 0.4) is 0 Å². The summed E-state index contributed by atoms with van der Waals surface area (Å²) < 4.78 is 46.8. The first-order valence-corrected chi connectivity index (χ1v) is 7.38. The van der Waals surface area contributed by atoms with E-state index in [9.17, 15) is 13.2 Å². The molecule has 1 atom stereocenters. The molecule has 1 aromatic rings. The van der Waals surface area contributed by atoms with Gasteiger partial charge in [0.15, 0.2) is 0 Å². The Morgan fingerprint density at radius 1 is 1.14 bits per heavy atom. The van der Waals surface area contributed by atoms with Crippen LogP contribution < -0.4 is 67.7 Å². The molecule has 0 spiro atoms. The van der Waals surface area contributed by atoms with Crippen LogP contribution in [0.1, 0.15) is 37.7 Å². The molecular formula is C16H18F3O2Rb. The Balaban J connectivity index is 0.00000176. The van der Waals surface area contributed by atoms with E-state index >= 15 is 0 Å². The average molecular weight is 385 g/mol. The smallest absolute Gasteiger partial charge is 0.490 e. The number of ether oxygens (including phenoxy) is 2. The van der Waals surface area contributed by atoms with Crippen LogP contribution in [-0.4, -0.2) is 12.5 Å². The van der Waals surface area contributed by atoms with E-state index in [1.54, 1.807) is 6.07 Å². The van der Waals surface area contributed by atoms with Crippen LogP contribution in [0.5, 0.6) is 11.5 Å². The minimum absolute atomic E-state index is 0. The Morgan fingerprint density at radius 2 is 1.86 bits per heavy atom. The molecule has 1 unspecified atom stereocenters. The average Bonchev–Trinajstić information content (AvgIpc) is 2.46. The second kappa shape index (κ2) is 7.99. The number of aryl methyl sites for hydroxylation is 1. The zero-order chi connectivity index (χ0) is 14.9. The van der Waals surface area contributed by atoms with Gasteiger partial charge in [-0.1, -0.05) is 18.9 Å². The standard InChI is InChI=1S/C16H18F3O2.Rb/c17-16(18,19)21-13-8-6-12-7-9-14(20-15(12)10-13)11-4-2-1-3-5-11;/h1,6,8,10-11,14H,2-5,7,9H2;/q-1;+1. The molecule has 0 N–H and O–H groups in total. The van der Waals surface area contributed by atoms with E-state index in [2.05, 4.69) is 11.2 Å². The topological polar surface area (TPSA) is 18.5 Å². The summed E-state index contributed by atoms with van der Waals surface area (Å²) in [5, 5.41) is 0. The first-order valence-electron chi connectivity index (χ1n) is 7.38. The molecule has 1 heterocycles. The van der Waals surface area contributed by atoms with Crippen LogP contribution in [-0.2, 0) is 6.42 Å². The van der Waals surface area contributed by atoms with Crippen molar-refractivity contribution >= 4 is 0 Å². The third kappa shape index (κ3) is 4.95. The van der Waals surface area contributed by atoms with Gasteiger partial charge in [0, 0.05) is 6.07 Å². The van der Waals surface area contributed by atoms with E-state index in [1.165, 1.54) is 12.1 Å². The van der Waals surface area contributed by atoms with Crippen LogP contribution in [0.4, 0.5) is 13.2 Å². The first-order chi connectivity index (χ1) is 10.0. The minimum atomic E-state index is -4.67. The molecule has 116 valence electrons. The van der Waals surface area contributed by atoms with Gasteiger partial charge in [0.25, 0.3) is 0 Å². The van der Waals surface area contributed by atoms with Crippen LogP contribution in [0, 0.1) is 12.3 Å². The van der Waals surface area contributed by atoms with E-state index in [0.717, 1.165) is 44.1 Å². The molecular weight excluding hydrogens is 367 g/mol. The third-order valence-corrected chi connectivity index (χ3v) is 4.26. The summed E-state index contributed by atoms with van der Waals surface area (Å²) in [4.78, 5) is 0. The van der Waals surface area contributed by atoms with Crippen molar-refractivity contribution in [3.05, 3.63) is 30.2 Å². The van der Waals surface area contributed by atoms with Crippen molar-refractivity contribution in [1.82, 2.24) is 0 Å². The fourth-order valence-electron chi connectivity index (χ4n) is 3.22. The summed E-state index contributed by atoms with van der Waals surface area (Å²) >= 11 is 0. The number of fused-ring (bicyclic) bond motifs is 1. The maximum Gasteiger partial charge on any atom is 1.00 e.